The third kappa shape index (κ3) is 3.07. The summed E-state index contributed by atoms with van der Waals surface area (Å²) in [6.07, 6.45) is 6.09. The number of hydrogen-bond acceptors (Lipinski definition) is 5. The molecule has 1 N–H and O–H groups in total. The summed E-state index contributed by atoms with van der Waals surface area (Å²) in [6.45, 7) is 2.17. The second-order valence-corrected chi connectivity index (χ2v) is 7.56. The van der Waals surface area contributed by atoms with Gasteiger partial charge in [0.05, 0.1) is 11.7 Å². The van der Waals surface area contributed by atoms with E-state index in [1.807, 2.05) is 0 Å². The Morgan fingerprint density at radius 3 is 3.08 bits per heavy atom. The number of anilines is 1. The first-order chi connectivity index (χ1) is 12.1. The first-order valence-electron chi connectivity index (χ1n) is 8.32. The number of nitrogens with one attached hydrogen (secondary N) is 1. The van der Waals surface area contributed by atoms with Gasteiger partial charge in [0.15, 0.2) is 0 Å². The molecule has 1 aliphatic rings. The number of fused-ring (bicyclic) bond motifs is 3. The van der Waals surface area contributed by atoms with E-state index in [2.05, 4.69) is 22.2 Å². The van der Waals surface area contributed by atoms with Gasteiger partial charge in [-0.25, -0.2) is 9.97 Å². The van der Waals surface area contributed by atoms with Crippen molar-refractivity contribution < 1.29 is 4.79 Å². The van der Waals surface area contributed by atoms with Crippen molar-refractivity contribution in [2.24, 2.45) is 5.92 Å². The molecule has 6 nitrogen and oxygen atoms in total. The van der Waals surface area contributed by atoms with Crippen molar-refractivity contribution in [2.45, 2.75) is 32.7 Å². The van der Waals surface area contributed by atoms with Crippen LogP contribution in [0, 0.1) is 5.92 Å². The van der Waals surface area contributed by atoms with Crippen LogP contribution in [0.15, 0.2) is 35.5 Å². The molecule has 1 atom stereocenters. The molecule has 0 fully saturated rings. The van der Waals surface area contributed by atoms with E-state index in [0.717, 1.165) is 29.7 Å². The number of amides is 1. The molecule has 0 radical (unpaired) electrons. The molecule has 0 saturated carbocycles. The number of carbonyl (C=O) groups is 1. The Morgan fingerprint density at radius 1 is 1.40 bits per heavy atom. The fourth-order valence-corrected chi connectivity index (χ4v) is 4.59. The van der Waals surface area contributed by atoms with E-state index in [1.54, 1.807) is 35.7 Å². The Bertz CT molecular complexity index is 993. The number of pyridine rings is 1. The normalized spacial score (nSPS) is 16.6. The van der Waals surface area contributed by atoms with E-state index in [4.69, 9.17) is 0 Å². The van der Waals surface area contributed by atoms with Gasteiger partial charge < -0.3 is 5.32 Å². The summed E-state index contributed by atoms with van der Waals surface area (Å²) in [5, 5.41) is 3.39. The highest BCUT2D eigenvalue weighted by molar-refractivity contribution is 7.18. The minimum Gasteiger partial charge on any atom is -0.309 e. The molecular formula is C18H18N4O2S. The van der Waals surface area contributed by atoms with Gasteiger partial charge in [0.25, 0.3) is 5.56 Å². The van der Waals surface area contributed by atoms with Crippen molar-refractivity contribution in [3.63, 3.8) is 0 Å². The van der Waals surface area contributed by atoms with Crippen molar-refractivity contribution in [3.05, 3.63) is 51.5 Å². The molecule has 4 rings (SSSR count). The minimum absolute atomic E-state index is 0.0701. The zero-order chi connectivity index (χ0) is 17.4. The first-order valence-corrected chi connectivity index (χ1v) is 9.14. The molecule has 3 aromatic heterocycles. The minimum atomic E-state index is -0.292. The Kier molecular flexibility index (Phi) is 4.09. The van der Waals surface area contributed by atoms with Crippen LogP contribution in [-0.4, -0.2) is 20.4 Å². The zero-order valence-electron chi connectivity index (χ0n) is 13.9. The molecule has 3 heterocycles. The van der Waals surface area contributed by atoms with Crippen LogP contribution in [0.25, 0.3) is 10.2 Å². The summed E-state index contributed by atoms with van der Waals surface area (Å²) in [5.74, 6) is 0.822. The van der Waals surface area contributed by atoms with Crippen molar-refractivity contribution >= 4 is 33.3 Å². The standard InChI is InChI=1S/C18H18N4O2S/c1-11-5-6-12-13(8-11)25-17-16(12)18(24)22(10-20-17)9-15(23)21-14-4-2-3-7-19-14/h2-4,7,10-11H,5-6,8-9H2,1H3,(H,19,21,23). The van der Waals surface area contributed by atoms with Crippen LogP contribution in [-0.2, 0) is 24.2 Å². The molecule has 0 aromatic carbocycles. The fourth-order valence-electron chi connectivity index (χ4n) is 3.25. The lowest BCUT2D eigenvalue weighted by atomic mass is 9.89. The Morgan fingerprint density at radius 2 is 2.28 bits per heavy atom. The van der Waals surface area contributed by atoms with Crippen molar-refractivity contribution in [1.29, 1.82) is 0 Å². The predicted octanol–water partition coefficient (Wildman–Crippen LogP) is 2.62. The third-order valence-corrected chi connectivity index (χ3v) is 5.69. The first kappa shape index (κ1) is 16.0. The molecule has 0 aliphatic heterocycles. The summed E-state index contributed by atoms with van der Waals surface area (Å²) in [4.78, 5) is 35.6. The van der Waals surface area contributed by atoms with Crippen LogP contribution in [0.2, 0.25) is 0 Å². The van der Waals surface area contributed by atoms with Gasteiger partial charge in [-0.1, -0.05) is 13.0 Å². The lowest BCUT2D eigenvalue weighted by Gasteiger charge is -2.17. The van der Waals surface area contributed by atoms with Crippen molar-refractivity contribution in [1.82, 2.24) is 14.5 Å². The Labute approximate surface area is 148 Å². The Balaban J connectivity index is 1.63. The highest BCUT2D eigenvalue weighted by Crippen LogP contribution is 2.35. The average Bonchev–Trinajstić information content (AvgIpc) is 2.96. The molecule has 1 aliphatic carbocycles. The number of hydrogen-bond donors (Lipinski definition) is 1. The van der Waals surface area contributed by atoms with E-state index in [1.165, 1.54) is 15.8 Å². The molecule has 1 unspecified atom stereocenters. The maximum Gasteiger partial charge on any atom is 0.262 e. The van der Waals surface area contributed by atoms with Crippen LogP contribution < -0.4 is 10.9 Å². The maximum atomic E-state index is 12.9. The third-order valence-electron chi connectivity index (χ3n) is 4.53. The number of aryl methyl sites for hydroxylation is 1. The van der Waals surface area contributed by atoms with E-state index in [-0.39, 0.29) is 18.0 Å². The second kappa shape index (κ2) is 6.40. The monoisotopic (exact) mass is 354 g/mol. The van der Waals surface area contributed by atoms with Crippen LogP contribution in [0.3, 0.4) is 0 Å². The molecule has 0 saturated heterocycles. The molecular weight excluding hydrogens is 336 g/mol. The lowest BCUT2D eigenvalue weighted by Crippen LogP contribution is -2.28. The van der Waals surface area contributed by atoms with Gasteiger partial charge in [0.2, 0.25) is 5.91 Å². The maximum absolute atomic E-state index is 12.9. The van der Waals surface area contributed by atoms with Crippen LogP contribution in [0.1, 0.15) is 23.8 Å². The van der Waals surface area contributed by atoms with Gasteiger partial charge in [-0.2, -0.15) is 0 Å². The van der Waals surface area contributed by atoms with Crippen LogP contribution >= 0.6 is 11.3 Å². The summed E-state index contributed by atoms with van der Waals surface area (Å²) in [7, 11) is 0. The fraction of sp³-hybridized carbons (Fsp3) is 0.333. The van der Waals surface area contributed by atoms with Crippen LogP contribution in [0.5, 0.6) is 0 Å². The second-order valence-electron chi connectivity index (χ2n) is 6.47. The summed E-state index contributed by atoms with van der Waals surface area (Å²) < 4.78 is 1.38. The number of rotatable bonds is 3. The van der Waals surface area contributed by atoms with Gasteiger partial charge >= 0.3 is 0 Å². The molecule has 0 bridgehead atoms. The van der Waals surface area contributed by atoms with Crippen LogP contribution in [0.4, 0.5) is 5.82 Å². The largest absolute Gasteiger partial charge is 0.309 e. The van der Waals surface area contributed by atoms with E-state index in [0.29, 0.717) is 17.1 Å². The number of aromatic nitrogens is 3. The van der Waals surface area contributed by atoms with E-state index < -0.39 is 0 Å². The van der Waals surface area contributed by atoms with E-state index in [9.17, 15) is 9.59 Å². The summed E-state index contributed by atoms with van der Waals surface area (Å²) in [5.41, 5.74) is 1.00. The van der Waals surface area contributed by atoms with Gasteiger partial charge in [0.1, 0.15) is 17.2 Å². The number of carbonyl (C=O) groups excluding carboxylic acids is 1. The average molecular weight is 354 g/mol. The highest BCUT2D eigenvalue weighted by Gasteiger charge is 2.23. The lowest BCUT2D eigenvalue weighted by molar-refractivity contribution is -0.116. The Hall–Kier alpha value is -2.54. The smallest absolute Gasteiger partial charge is 0.262 e. The predicted molar refractivity (Wildman–Crippen MR) is 97.9 cm³/mol. The highest BCUT2D eigenvalue weighted by atomic mass is 32.1. The summed E-state index contributed by atoms with van der Waals surface area (Å²) >= 11 is 1.61. The molecule has 128 valence electrons. The molecule has 3 aromatic rings. The van der Waals surface area contributed by atoms with Gasteiger partial charge in [-0.3, -0.25) is 14.2 Å². The zero-order valence-corrected chi connectivity index (χ0v) is 14.7. The topological polar surface area (TPSA) is 76.9 Å². The molecule has 0 spiro atoms. The van der Waals surface area contributed by atoms with Gasteiger partial charge in [-0.05, 0) is 42.9 Å². The number of thiophene rings is 1. The van der Waals surface area contributed by atoms with Crippen molar-refractivity contribution in [3.8, 4) is 0 Å². The SMILES string of the molecule is CC1CCc2c(sc3ncn(CC(=O)Nc4ccccn4)c(=O)c23)C1. The van der Waals surface area contributed by atoms with Gasteiger partial charge in [-0.15, -0.1) is 11.3 Å². The summed E-state index contributed by atoms with van der Waals surface area (Å²) in [6, 6.07) is 5.28. The molecule has 25 heavy (non-hydrogen) atoms. The molecule has 7 heteroatoms. The quantitative estimate of drug-likeness (QED) is 0.784. The molecule has 1 amide bonds. The van der Waals surface area contributed by atoms with E-state index >= 15 is 0 Å². The van der Waals surface area contributed by atoms with Crippen molar-refractivity contribution in [2.75, 3.05) is 5.32 Å². The van der Waals surface area contributed by atoms with Gasteiger partial charge in [0, 0.05) is 11.1 Å². The number of nitrogens with zero attached hydrogens (tertiary/aromatic N) is 3.